The van der Waals surface area contributed by atoms with Gasteiger partial charge in [-0.15, -0.1) is 0 Å². The van der Waals surface area contributed by atoms with E-state index in [-0.39, 0.29) is 5.41 Å². The van der Waals surface area contributed by atoms with Gasteiger partial charge in [0.1, 0.15) is 11.2 Å². The molecule has 10 aromatic rings. The molecule has 1 aromatic heterocycles. The highest BCUT2D eigenvalue weighted by molar-refractivity contribution is 6.05. The van der Waals surface area contributed by atoms with Gasteiger partial charge in [-0.05, 0) is 115 Å². The molecular weight excluding hydrogens is 715 g/mol. The number of hydrogen-bond donors (Lipinski definition) is 1. The smallest absolute Gasteiger partial charge is 0.136 e. The second-order valence-electron chi connectivity index (χ2n) is 15.8. The lowest BCUT2D eigenvalue weighted by atomic mass is 9.82. The van der Waals surface area contributed by atoms with Crippen LogP contribution in [0.5, 0.6) is 0 Å². The summed E-state index contributed by atoms with van der Waals surface area (Å²) in [6.45, 7) is 4.64. The molecule has 1 aliphatic rings. The van der Waals surface area contributed by atoms with Gasteiger partial charge in [0.05, 0.1) is 0 Å². The summed E-state index contributed by atoms with van der Waals surface area (Å²) in [4.78, 5) is 0. The van der Waals surface area contributed by atoms with E-state index in [2.05, 4.69) is 213 Å². The van der Waals surface area contributed by atoms with E-state index >= 15 is 0 Å². The van der Waals surface area contributed by atoms with Crippen LogP contribution in [0.4, 0.5) is 11.4 Å². The molecule has 2 heteroatoms. The Morgan fingerprint density at radius 2 is 0.797 bits per heavy atom. The van der Waals surface area contributed by atoms with Crippen molar-refractivity contribution in [2.75, 3.05) is 5.32 Å². The van der Waals surface area contributed by atoms with Crippen LogP contribution in [-0.4, -0.2) is 0 Å². The number of hydrogen-bond acceptors (Lipinski definition) is 2. The highest BCUT2D eigenvalue weighted by Gasteiger charge is 2.35. The van der Waals surface area contributed by atoms with Crippen LogP contribution in [0.1, 0.15) is 25.0 Å². The number of rotatable bonds is 6. The maximum Gasteiger partial charge on any atom is 0.136 e. The van der Waals surface area contributed by atoms with Crippen LogP contribution >= 0.6 is 0 Å². The number of anilines is 2. The van der Waals surface area contributed by atoms with Crippen LogP contribution in [-0.2, 0) is 5.41 Å². The lowest BCUT2D eigenvalue weighted by Crippen LogP contribution is -2.15. The average molecular weight is 758 g/mol. The van der Waals surface area contributed by atoms with E-state index in [0.717, 1.165) is 22.5 Å². The van der Waals surface area contributed by atoms with Crippen LogP contribution in [0.2, 0.25) is 0 Å². The van der Waals surface area contributed by atoms with Gasteiger partial charge in [-0.25, -0.2) is 0 Å². The van der Waals surface area contributed by atoms with E-state index in [0.29, 0.717) is 0 Å². The Bertz CT molecular complexity index is 3070. The summed E-state index contributed by atoms with van der Waals surface area (Å²) in [7, 11) is 0. The lowest BCUT2D eigenvalue weighted by molar-refractivity contribution is 0.660. The quantitative estimate of drug-likeness (QED) is 0.183. The average Bonchev–Trinajstić information content (AvgIpc) is 3.78. The van der Waals surface area contributed by atoms with E-state index in [9.17, 15) is 0 Å². The Labute approximate surface area is 346 Å². The zero-order valence-corrected chi connectivity index (χ0v) is 33.2. The SMILES string of the molecule is CC1(C)c2ccccc2-c2ccc(Nc3ccc(-c4cccc(-c5ccccc5)c4)cc3)cc21.c1ccc(-c2ccc(-c3ccc4c(c3)oc3ccccc34)cc2)cc1. The first-order valence-corrected chi connectivity index (χ1v) is 20.3. The van der Waals surface area contributed by atoms with Crippen molar-refractivity contribution in [3.8, 4) is 55.6 Å². The first-order valence-electron chi connectivity index (χ1n) is 20.3. The van der Waals surface area contributed by atoms with Crippen LogP contribution in [0.3, 0.4) is 0 Å². The van der Waals surface area contributed by atoms with Crippen LogP contribution in [0.25, 0.3) is 77.6 Å². The first-order chi connectivity index (χ1) is 29.0. The Hall–Kier alpha value is -7.42. The summed E-state index contributed by atoms with van der Waals surface area (Å²) in [5.41, 5.74) is 19.4. The number of fused-ring (bicyclic) bond motifs is 6. The standard InChI is InChI=1S/C33H27N.C24H16O/c1-33(2)31-14-7-6-13-29(31)30-20-19-28(22-32(30)33)34-27-17-15-24(16-18-27)26-12-8-11-25(21-26)23-9-4-3-5-10-23;1-2-6-17(7-3-1)18-10-12-19(13-11-18)20-14-15-22-21-8-4-5-9-23(21)25-24(22)16-20/h3-22,34H,1-2H3;1-16H. The monoisotopic (exact) mass is 757 g/mol. The summed E-state index contributed by atoms with van der Waals surface area (Å²) in [5.74, 6) is 0. The highest BCUT2D eigenvalue weighted by Crippen LogP contribution is 2.49. The van der Waals surface area contributed by atoms with Gasteiger partial charge in [0.2, 0.25) is 0 Å². The molecule has 59 heavy (non-hydrogen) atoms. The molecule has 11 rings (SSSR count). The fourth-order valence-electron chi connectivity index (χ4n) is 8.59. The molecule has 1 aliphatic carbocycles. The minimum atomic E-state index is 0.0112. The second kappa shape index (κ2) is 15.2. The van der Waals surface area contributed by atoms with Gasteiger partial charge in [-0.3, -0.25) is 0 Å². The summed E-state index contributed by atoms with van der Waals surface area (Å²) >= 11 is 0. The summed E-state index contributed by atoms with van der Waals surface area (Å²) in [6, 6.07) is 77.3. The third-order valence-corrected chi connectivity index (χ3v) is 11.8. The van der Waals surface area contributed by atoms with E-state index in [1.54, 1.807) is 0 Å². The zero-order valence-electron chi connectivity index (χ0n) is 33.2. The molecule has 0 unspecified atom stereocenters. The van der Waals surface area contributed by atoms with Gasteiger partial charge in [0, 0.05) is 27.6 Å². The highest BCUT2D eigenvalue weighted by atomic mass is 16.3. The third-order valence-electron chi connectivity index (χ3n) is 11.8. The van der Waals surface area contributed by atoms with Crippen molar-refractivity contribution < 1.29 is 4.42 Å². The summed E-state index contributed by atoms with van der Waals surface area (Å²) in [5, 5.41) is 5.95. The topological polar surface area (TPSA) is 25.2 Å². The number of furan rings is 1. The van der Waals surface area contributed by atoms with Crippen molar-refractivity contribution in [1.29, 1.82) is 0 Å². The predicted octanol–water partition coefficient (Wildman–Crippen LogP) is 16.0. The van der Waals surface area contributed by atoms with E-state index in [1.807, 2.05) is 24.3 Å². The molecule has 0 amide bonds. The molecule has 2 nitrogen and oxygen atoms in total. The normalized spacial score (nSPS) is 12.4. The van der Waals surface area contributed by atoms with Gasteiger partial charge >= 0.3 is 0 Å². The van der Waals surface area contributed by atoms with Crippen molar-refractivity contribution in [2.24, 2.45) is 0 Å². The fraction of sp³-hybridized carbons (Fsp3) is 0.0526. The molecule has 282 valence electrons. The van der Waals surface area contributed by atoms with Gasteiger partial charge < -0.3 is 9.73 Å². The number of benzene rings is 9. The zero-order chi connectivity index (χ0) is 39.8. The number of para-hydroxylation sites is 1. The fourth-order valence-corrected chi connectivity index (χ4v) is 8.59. The van der Waals surface area contributed by atoms with Crippen molar-refractivity contribution >= 4 is 33.3 Å². The van der Waals surface area contributed by atoms with E-state index < -0.39 is 0 Å². The number of nitrogens with one attached hydrogen (secondary N) is 1. The molecule has 0 saturated heterocycles. The minimum Gasteiger partial charge on any atom is -0.456 e. The Morgan fingerprint density at radius 1 is 0.322 bits per heavy atom. The molecule has 0 aliphatic heterocycles. The summed E-state index contributed by atoms with van der Waals surface area (Å²) in [6.07, 6.45) is 0. The Morgan fingerprint density at radius 3 is 1.51 bits per heavy atom. The van der Waals surface area contributed by atoms with E-state index in [4.69, 9.17) is 4.42 Å². The van der Waals surface area contributed by atoms with Crippen LogP contribution in [0.15, 0.2) is 223 Å². The van der Waals surface area contributed by atoms with Gasteiger partial charge in [0.25, 0.3) is 0 Å². The van der Waals surface area contributed by atoms with Gasteiger partial charge in [-0.2, -0.15) is 0 Å². The van der Waals surface area contributed by atoms with Gasteiger partial charge in [0.15, 0.2) is 0 Å². The maximum atomic E-state index is 6.01. The molecule has 0 bridgehead atoms. The maximum absolute atomic E-state index is 6.01. The van der Waals surface area contributed by atoms with Gasteiger partial charge in [-0.1, -0.05) is 184 Å². The predicted molar refractivity (Wildman–Crippen MR) is 249 cm³/mol. The Kier molecular flexibility index (Phi) is 9.24. The molecule has 0 atom stereocenters. The molecule has 0 spiro atoms. The lowest BCUT2D eigenvalue weighted by Gasteiger charge is -2.22. The van der Waals surface area contributed by atoms with Crippen LogP contribution < -0.4 is 5.32 Å². The molecule has 0 radical (unpaired) electrons. The van der Waals surface area contributed by atoms with Crippen molar-refractivity contribution in [3.05, 3.63) is 230 Å². The first kappa shape index (κ1) is 36.0. The molecule has 0 saturated carbocycles. The largest absolute Gasteiger partial charge is 0.456 e. The summed E-state index contributed by atoms with van der Waals surface area (Å²) < 4.78 is 6.01. The molecular formula is C57H43NO. The molecule has 9 aromatic carbocycles. The third kappa shape index (κ3) is 7.00. The van der Waals surface area contributed by atoms with Crippen molar-refractivity contribution in [3.63, 3.8) is 0 Å². The molecule has 1 N–H and O–H groups in total. The second-order valence-corrected chi connectivity index (χ2v) is 15.8. The molecule has 1 heterocycles. The molecule has 0 fully saturated rings. The Balaban J connectivity index is 0.000000149. The van der Waals surface area contributed by atoms with E-state index in [1.165, 1.54) is 77.5 Å². The van der Waals surface area contributed by atoms with Crippen molar-refractivity contribution in [2.45, 2.75) is 19.3 Å². The minimum absolute atomic E-state index is 0.0112. The van der Waals surface area contributed by atoms with Crippen LogP contribution in [0, 0.1) is 0 Å². The van der Waals surface area contributed by atoms with Crippen molar-refractivity contribution in [1.82, 2.24) is 0 Å².